The molecule has 28 heavy (non-hydrogen) atoms. The number of rotatable bonds is 6. The van der Waals surface area contributed by atoms with Gasteiger partial charge in [0.1, 0.15) is 5.01 Å². The Morgan fingerprint density at radius 2 is 1.82 bits per heavy atom. The van der Waals surface area contributed by atoms with Crippen LogP contribution in [0.5, 0.6) is 0 Å². The van der Waals surface area contributed by atoms with Crippen LogP contribution in [0.4, 0.5) is 5.13 Å². The molecule has 140 valence electrons. The van der Waals surface area contributed by atoms with Crippen LogP contribution in [0.25, 0.3) is 22.2 Å². The molecule has 0 bridgehead atoms. The van der Waals surface area contributed by atoms with Crippen molar-refractivity contribution in [2.45, 2.75) is 12.8 Å². The number of amides is 1. The molecule has 3 N–H and O–H groups in total. The number of carbonyl (C=O) groups is 1. The van der Waals surface area contributed by atoms with E-state index < -0.39 is 0 Å². The average Bonchev–Trinajstić information content (AvgIpc) is 3.16. The van der Waals surface area contributed by atoms with Gasteiger partial charge in [-0.25, -0.2) is 4.98 Å². The molecule has 0 saturated heterocycles. The molecule has 0 fully saturated rings. The molecule has 0 aliphatic rings. The summed E-state index contributed by atoms with van der Waals surface area (Å²) in [4.78, 5) is 17.6. The zero-order valence-corrected chi connectivity index (χ0v) is 15.9. The number of fused-ring (bicyclic) bond motifs is 1. The van der Waals surface area contributed by atoms with Crippen molar-refractivity contribution >= 4 is 33.3 Å². The fraction of sp³-hybridized carbons (Fsp3) is 0.143. The lowest BCUT2D eigenvalue weighted by atomic mass is 10.0. The maximum atomic E-state index is 12.9. The summed E-state index contributed by atoms with van der Waals surface area (Å²) >= 11 is 1.38. The third-order valence-electron chi connectivity index (χ3n) is 4.37. The fourth-order valence-corrected chi connectivity index (χ4v) is 3.68. The third-order valence-corrected chi connectivity index (χ3v) is 5.18. The number of carbonyl (C=O) groups excluding carboxylic acids is 1. The van der Waals surface area contributed by atoms with Crippen LogP contribution >= 0.6 is 11.3 Å². The fourth-order valence-electron chi connectivity index (χ4n) is 3.02. The summed E-state index contributed by atoms with van der Waals surface area (Å²) in [5.41, 5.74) is 8.79. The Morgan fingerprint density at radius 1 is 1.04 bits per heavy atom. The van der Waals surface area contributed by atoms with Crippen molar-refractivity contribution in [2.75, 3.05) is 12.3 Å². The van der Waals surface area contributed by atoms with Gasteiger partial charge in [0.25, 0.3) is 5.91 Å². The Bertz CT molecular complexity index is 1110. The minimum Gasteiger partial charge on any atom is -0.374 e. The standard InChI is InChI=1S/C21H19N5OS/c22-21-26-25-19(28-21)11-6-12-23-20(27)16-13-18(14-7-2-1-3-8-14)24-17-10-5-4-9-15(16)17/h1-5,7-10,13H,6,11-12H2,(H2,22,26)(H,23,27). The van der Waals surface area contributed by atoms with E-state index in [0.29, 0.717) is 17.2 Å². The molecule has 1 amide bonds. The van der Waals surface area contributed by atoms with Crippen LogP contribution in [0.2, 0.25) is 0 Å². The lowest BCUT2D eigenvalue weighted by molar-refractivity contribution is 0.0955. The van der Waals surface area contributed by atoms with Gasteiger partial charge in [-0.1, -0.05) is 59.9 Å². The molecule has 0 spiro atoms. The van der Waals surface area contributed by atoms with E-state index in [1.807, 2.05) is 60.7 Å². The van der Waals surface area contributed by atoms with Gasteiger partial charge in [0.2, 0.25) is 5.13 Å². The Labute approximate surface area is 166 Å². The first kappa shape index (κ1) is 18.1. The number of anilines is 1. The largest absolute Gasteiger partial charge is 0.374 e. The van der Waals surface area contributed by atoms with Crippen molar-refractivity contribution in [2.24, 2.45) is 0 Å². The number of hydrogen-bond donors (Lipinski definition) is 2. The molecule has 0 aliphatic carbocycles. The molecule has 4 aromatic rings. The summed E-state index contributed by atoms with van der Waals surface area (Å²) in [5, 5.41) is 13.0. The molecule has 0 atom stereocenters. The number of nitrogens with zero attached hydrogens (tertiary/aromatic N) is 3. The van der Waals surface area contributed by atoms with Crippen molar-refractivity contribution < 1.29 is 4.79 Å². The number of aryl methyl sites for hydroxylation is 1. The molecule has 2 aromatic carbocycles. The monoisotopic (exact) mass is 389 g/mol. The second-order valence-electron chi connectivity index (χ2n) is 6.33. The van der Waals surface area contributed by atoms with Crippen LogP contribution in [0, 0.1) is 0 Å². The number of aromatic nitrogens is 3. The number of nitrogens with one attached hydrogen (secondary N) is 1. The van der Waals surface area contributed by atoms with Crippen LogP contribution in [-0.2, 0) is 6.42 Å². The molecule has 2 aromatic heterocycles. The van der Waals surface area contributed by atoms with E-state index >= 15 is 0 Å². The van der Waals surface area contributed by atoms with E-state index in [4.69, 9.17) is 10.7 Å². The van der Waals surface area contributed by atoms with Gasteiger partial charge in [-0.05, 0) is 18.6 Å². The van der Waals surface area contributed by atoms with Crippen LogP contribution < -0.4 is 11.1 Å². The first-order valence-electron chi connectivity index (χ1n) is 9.02. The van der Waals surface area contributed by atoms with Gasteiger partial charge in [-0.3, -0.25) is 4.79 Å². The second kappa shape index (κ2) is 8.14. The quantitative estimate of drug-likeness (QED) is 0.491. The van der Waals surface area contributed by atoms with Gasteiger partial charge < -0.3 is 11.1 Å². The molecule has 2 heterocycles. The zero-order valence-electron chi connectivity index (χ0n) is 15.1. The first-order chi connectivity index (χ1) is 13.7. The molecule has 0 radical (unpaired) electrons. The number of benzene rings is 2. The van der Waals surface area contributed by atoms with Crippen molar-refractivity contribution in [1.29, 1.82) is 0 Å². The summed E-state index contributed by atoms with van der Waals surface area (Å²) < 4.78 is 0. The predicted molar refractivity (Wildman–Crippen MR) is 112 cm³/mol. The van der Waals surface area contributed by atoms with Gasteiger partial charge in [0.15, 0.2) is 0 Å². The van der Waals surface area contributed by atoms with Crippen molar-refractivity contribution in [3.05, 3.63) is 71.2 Å². The summed E-state index contributed by atoms with van der Waals surface area (Å²) in [5.74, 6) is -0.104. The SMILES string of the molecule is Nc1nnc(CCCNC(=O)c2cc(-c3ccccc3)nc3ccccc23)s1. The van der Waals surface area contributed by atoms with Gasteiger partial charge in [-0.2, -0.15) is 0 Å². The molecule has 0 aliphatic heterocycles. The molecule has 4 rings (SSSR count). The van der Waals surface area contributed by atoms with Gasteiger partial charge in [-0.15, -0.1) is 10.2 Å². The molecular weight excluding hydrogens is 370 g/mol. The summed E-state index contributed by atoms with van der Waals surface area (Å²) in [6.45, 7) is 0.551. The van der Waals surface area contributed by atoms with Gasteiger partial charge in [0.05, 0.1) is 16.8 Å². The normalized spacial score (nSPS) is 10.9. The van der Waals surface area contributed by atoms with E-state index in [9.17, 15) is 4.79 Å². The van der Waals surface area contributed by atoms with E-state index in [1.165, 1.54) is 11.3 Å². The highest BCUT2D eigenvalue weighted by Gasteiger charge is 2.13. The summed E-state index contributed by atoms with van der Waals surface area (Å²) in [6, 6.07) is 19.4. The zero-order chi connectivity index (χ0) is 19.3. The summed E-state index contributed by atoms with van der Waals surface area (Å²) in [7, 11) is 0. The smallest absolute Gasteiger partial charge is 0.252 e. The van der Waals surface area contributed by atoms with E-state index in [1.54, 1.807) is 0 Å². The van der Waals surface area contributed by atoms with Crippen LogP contribution in [0.3, 0.4) is 0 Å². The molecular formula is C21H19N5OS. The maximum Gasteiger partial charge on any atom is 0.252 e. The van der Waals surface area contributed by atoms with Crippen molar-refractivity contribution in [3.63, 3.8) is 0 Å². The maximum absolute atomic E-state index is 12.9. The van der Waals surface area contributed by atoms with Crippen LogP contribution in [-0.4, -0.2) is 27.6 Å². The molecule has 0 unspecified atom stereocenters. The van der Waals surface area contributed by atoms with E-state index in [-0.39, 0.29) is 5.91 Å². The highest BCUT2D eigenvalue weighted by molar-refractivity contribution is 7.15. The lowest BCUT2D eigenvalue weighted by Gasteiger charge is -2.10. The number of hydrogen-bond acceptors (Lipinski definition) is 6. The Balaban J connectivity index is 1.53. The topological polar surface area (TPSA) is 93.8 Å². The second-order valence-corrected chi connectivity index (χ2v) is 7.43. The minimum atomic E-state index is -0.104. The molecule has 7 heteroatoms. The van der Waals surface area contributed by atoms with Crippen molar-refractivity contribution in [1.82, 2.24) is 20.5 Å². The first-order valence-corrected chi connectivity index (χ1v) is 9.83. The van der Waals surface area contributed by atoms with E-state index in [2.05, 4.69) is 15.5 Å². The summed E-state index contributed by atoms with van der Waals surface area (Å²) in [6.07, 6.45) is 1.51. The molecule has 6 nitrogen and oxygen atoms in total. The number of nitrogens with two attached hydrogens (primary N) is 1. The van der Waals surface area contributed by atoms with Gasteiger partial charge >= 0.3 is 0 Å². The van der Waals surface area contributed by atoms with Gasteiger partial charge in [0, 0.05) is 23.9 Å². The molecule has 0 saturated carbocycles. The Morgan fingerprint density at radius 3 is 2.61 bits per heavy atom. The number of para-hydroxylation sites is 1. The number of pyridine rings is 1. The number of nitrogen functional groups attached to an aromatic ring is 1. The predicted octanol–water partition coefficient (Wildman–Crippen LogP) is 3.70. The Hall–Kier alpha value is -3.32. The van der Waals surface area contributed by atoms with Crippen LogP contribution in [0.1, 0.15) is 21.8 Å². The highest BCUT2D eigenvalue weighted by atomic mass is 32.1. The van der Waals surface area contributed by atoms with Crippen molar-refractivity contribution in [3.8, 4) is 11.3 Å². The highest BCUT2D eigenvalue weighted by Crippen LogP contribution is 2.24. The minimum absolute atomic E-state index is 0.104. The lowest BCUT2D eigenvalue weighted by Crippen LogP contribution is -2.25. The van der Waals surface area contributed by atoms with Crippen LogP contribution in [0.15, 0.2) is 60.7 Å². The van der Waals surface area contributed by atoms with E-state index in [0.717, 1.165) is 40.0 Å². The third kappa shape index (κ3) is 3.99. The average molecular weight is 389 g/mol. The Kier molecular flexibility index (Phi) is 5.25.